The van der Waals surface area contributed by atoms with Crippen molar-refractivity contribution in [3.8, 4) is 0 Å². The van der Waals surface area contributed by atoms with Gasteiger partial charge in [0.2, 0.25) is 0 Å². The average molecular weight is 208 g/mol. The maximum atomic E-state index is 9.57. The molecule has 0 spiro atoms. The van der Waals surface area contributed by atoms with Gasteiger partial charge in [0.1, 0.15) is 0 Å². The zero-order chi connectivity index (χ0) is 11.1. The number of hydrogen-bond donors (Lipinski definition) is 1. The van der Waals surface area contributed by atoms with E-state index in [-0.39, 0.29) is 6.10 Å². The first kappa shape index (κ1) is 12.2. The highest BCUT2D eigenvalue weighted by molar-refractivity contribution is 5.21. The Morgan fingerprint density at radius 1 is 1.27 bits per heavy atom. The number of hydrogen-bond acceptors (Lipinski definition) is 2. The van der Waals surface area contributed by atoms with Crippen LogP contribution in [0.2, 0.25) is 0 Å². The molecule has 0 saturated heterocycles. The molecule has 1 aromatic rings. The standard InChI is InChI=1S/C13H20O2/c1-3-15-10-13(14)9-8-12-6-4-11(2)5-7-12/h4-7,13-14H,3,8-10H2,1-2H3. The molecular formula is C13H20O2. The molecule has 0 bridgehead atoms. The van der Waals surface area contributed by atoms with E-state index >= 15 is 0 Å². The van der Waals surface area contributed by atoms with Crippen LogP contribution in [0.25, 0.3) is 0 Å². The highest BCUT2D eigenvalue weighted by Crippen LogP contribution is 2.07. The third kappa shape index (κ3) is 4.96. The Morgan fingerprint density at radius 3 is 2.53 bits per heavy atom. The zero-order valence-corrected chi connectivity index (χ0v) is 9.57. The monoisotopic (exact) mass is 208 g/mol. The first-order valence-electron chi connectivity index (χ1n) is 5.53. The second kappa shape index (κ2) is 6.59. The van der Waals surface area contributed by atoms with E-state index < -0.39 is 0 Å². The van der Waals surface area contributed by atoms with E-state index in [2.05, 4.69) is 31.2 Å². The molecule has 0 heterocycles. The van der Waals surface area contributed by atoms with Gasteiger partial charge in [-0.15, -0.1) is 0 Å². The van der Waals surface area contributed by atoms with Crippen molar-refractivity contribution >= 4 is 0 Å². The van der Waals surface area contributed by atoms with Crippen molar-refractivity contribution < 1.29 is 9.84 Å². The SMILES string of the molecule is CCOCC(O)CCc1ccc(C)cc1. The molecule has 1 rings (SSSR count). The minimum absolute atomic E-state index is 0.341. The van der Waals surface area contributed by atoms with E-state index in [1.807, 2.05) is 6.92 Å². The van der Waals surface area contributed by atoms with Gasteiger partial charge in [-0.3, -0.25) is 0 Å². The Morgan fingerprint density at radius 2 is 1.93 bits per heavy atom. The minimum atomic E-state index is -0.341. The molecule has 1 unspecified atom stereocenters. The Kier molecular flexibility index (Phi) is 5.37. The van der Waals surface area contributed by atoms with Gasteiger partial charge in [0.05, 0.1) is 12.7 Å². The lowest BCUT2D eigenvalue weighted by Gasteiger charge is -2.10. The highest BCUT2D eigenvalue weighted by Gasteiger charge is 2.03. The fourth-order valence-electron chi connectivity index (χ4n) is 1.43. The van der Waals surface area contributed by atoms with Gasteiger partial charge in [0.25, 0.3) is 0 Å². The summed E-state index contributed by atoms with van der Waals surface area (Å²) in [6.07, 6.45) is 1.34. The smallest absolute Gasteiger partial charge is 0.0776 e. The maximum absolute atomic E-state index is 9.57. The number of ether oxygens (including phenoxy) is 1. The van der Waals surface area contributed by atoms with E-state index in [4.69, 9.17) is 4.74 Å². The first-order chi connectivity index (χ1) is 7.22. The molecule has 0 aliphatic rings. The van der Waals surface area contributed by atoms with Crippen LogP contribution < -0.4 is 0 Å². The second-order valence-corrected chi connectivity index (χ2v) is 3.84. The number of aliphatic hydroxyl groups is 1. The largest absolute Gasteiger partial charge is 0.391 e. The Hall–Kier alpha value is -0.860. The van der Waals surface area contributed by atoms with Crippen LogP contribution in [0.15, 0.2) is 24.3 Å². The number of rotatable bonds is 6. The molecule has 0 fully saturated rings. The predicted octanol–water partition coefficient (Wildman–Crippen LogP) is 2.33. The summed E-state index contributed by atoms with van der Waals surface area (Å²) in [7, 11) is 0. The number of benzene rings is 1. The molecule has 1 atom stereocenters. The van der Waals surface area contributed by atoms with Crippen LogP contribution in [0.5, 0.6) is 0 Å². The lowest BCUT2D eigenvalue weighted by molar-refractivity contribution is 0.0384. The van der Waals surface area contributed by atoms with Crippen LogP contribution in [0, 0.1) is 6.92 Å². The van der Waals surface area contributed by atoms with Crippen molar-refractivity contribution in [2.24, 2.45) is 0 Å². The molecule has 0 aliphatic heterocycles. The fraction of sp³-hybridized carbons (Fsp3) is 0.538. The van der Waals surface area contributed by atoms with Crippen LogP contribution in [0.4, 0.5) is 0 Å². The van der Waals surface area contributed by atoms with Crippen molar-refractivity contribution in [2.75, 3.05) is 13.2 Å². The lowest BCUT2D eigenvalue weighted by atomic mass is 10.1. The fourth-order valence-corrected chi connectivity index (χ4v) is 1.43. The second-order valence-electron chi connectivity index (χ2n) is 3.84. The summed E-state index contributed by atoms with van der Waals surface area (Å²) in [6, 6.07) is 8.43. The lowest BCUT2D eigenvalue weighted by Crippen LogP contribution is -2.15. The number of aryl methyl sites for hydroxylation is 2. The van der Waals surface area contributed by atoms with E-state index in [0.29, 0.717) is 13.2 Å². The van der Waals surface area contributed by atoms with E-state index in [0.717, 1.165) is 12.8 Å². The summed E-state index contributed by atoms with van der Waals surface area (Å²) in [4.78, 5) is 0. The van der Waals surface area contributed by atoms with Crippen LogP contribution in [-0.4, -0.2) is 24.4 Å². The summed E-state index contributed by atoms with van der Waals surface area (Å²) >= 11 is 0. The molecule has 0 radical (unpaired) electrons. The zero-order valence-electron chi connectivity index (χ0n) is 9.57. The average Bonchev–Trinajstić information content (AvgIpc) is 2.25. The van der Waals surface area contributed by atoms with Gasteiger partial charge >= 0.3 is 0 Å². The summed E-state index contributed by atoms with van der Waals surface area (Å²) in [5.74, 6) is 0. The predicted molar refractivity (Wildman–Crippen MR) is 62.0 cm³/mol. The Balaban J connectivity index is 2.27. The molecule has 2 heteroatoms. The van der Waals surface area contributed by atoms with Gasteiger partial charge in [0.15, 0.2) is 0 Å². The third-order valence-electron chi connectivity index (χ3n) is 2.40. The van der Waals surface area contributed by atoms with Gasteiger partial charge in [-0.1, -0.05) is 29.8 Å². The van der Waals surface area contributed by atoms with Crippen molar-refractivity contribution in [2.45, 2.75) is 32.8 Å². The highest BCUT2D eigenvalue weighted by atomic mass is 16.5. The van der Waals surface area contributed by atoms with Gasteiger partial charge in [-0.05, 0) is 32.3 Å². The maximum Gasteiger partial charge on any atom is 0.0776 e. The molecule has 0 amide bonds. The van der Waals surface area contributed by atoms with Crippen LogP contribution in [0.3, 0.4) is 0 Å². The van der Waals surface area contributed by atoms with Crippen LogP contribution >= 0.6 is 0 Å². The molecule has 0 aromatic heterocycles. The number of aliphatic hydroxyl groups excluding tert-OH is 1. The normalized spacial score (nSPS) is 12.7. The molecule has 1 N–H and O–H groups in total. The minimum Gasteiger partial charge on any atom is -0.391 e. The van der Waals surface area contributed by atoms with Crippen molar-refractivity contribution in [1.29, 1.82) is 0 Å². The molecular weight excluding hydrogens is 188 g/mol. The Labute approximate surface area is 91.9 Å². The van der Waals surface area contributed by atoms with Crippen LogP contribution in [-0.2, 0) is 11.2 Å². The molecule has 2 nitrogen and oxygen atoms in total. The van der Waals surface area contributed by atoms with Crippen molar-refractivity contribution in [1.82, 2.24) is 0 Å². The molecule has 0 aliphatic carbocycles. The van der Waals surface area contributed by atoms with Gasteiger partial charge in [0, 0.05) is 6.61 Å². The third-order valence-corrected chi connectivity index (χ3v) is 2.40. The van der Waals surface area contributed by atoms with E-state index in [9.17, 15) is 5.11 Å². The topological polar surface area (TPSA) is 29.5 Å². The van der Waals surface area contributed by atoms with Gasteiger partial charge < -0.3 is 9.84 Å². The summed E-state index contributed by atoms with van der Waals surface area (Å²) < 4.78 is 5.15. The molecule has 1 aromatic carbocycles. The van der Waals surface area contributed by atoms with Crippen molar-refractivity contribution in [3.05, 3.63) is 35.4 Å². The Bertz CT molecular complexity index is 266. The summed E-state index contributed by atoms with van der Waals surface area (Å²) in [5.41, 5.74) is 2.55. The molecule has 84 valence electrons. The van der Waals surface area contributed by atoms with Crippen molar-refractivity contribution in [3.63, 3.8) is 0 Å². The quantitative estimate of drug-likeness (QED) is 0.777. The van der Waals surface area contributed by atoms with E-state index in [1.54, 1.807) is 0 Å². The van der Waals surface area contributed by atoms with Gasteiger partial charge in [-0.2, -0.15) is 0 Å². The van der Waals surface area contributed by atoms with Gasteiger partial charge in [-0.25, -0.2) is 0 Å². The van der Waals surface area contributed by atoms with Crippen LogP contribution in [0.1, 0.15) is 24.5 Å². The molecule has 15 heavy (non-hydrogen) atoms. The summed E-state index contributed by atoms with van der Waals surface area (Å²) in [6.45, 7) is 5.13. The first-order valence-corrected chi connectivity index (χ1v) is 5.53. The van der Waals surface area contributed by atoms with E-state index in [1.165, 1.54) is 11.1 Å². The molecule has 0 saturated carbocycles. The summed E-state index contributed by atoms with van der Waals surface area (Å²) in [5, 5.41) is 9.57.